The predicted molar refractivity (Wildman–Crippen MR) is 69.7 cm³/mol. The highest BCUT2D eigenvalue weighted by Gasteiger charge is 2.10. The number of nitrogens with two attached hydrogens (primary N) is 1. The lowest BCUT2D eigenvalue weighted by Crippen LogP contribution is -2.07. The first-order valence-electron chi connectivity index (χ1n) is 5.79. The van der Waals surface area contributed by atoms with Crippen molar-refractivity contribution in [2.75, 3.05) is 18.9 Å². The summed E-state index contributed by atoms with van der Waals surface area (Å²) in [6.07, 6.45) is -2.20. The minimum absolute atomic E-state index is 0.0982. The molecule has 2 aromatic rings. The van der Waals surface area contributed by atoms with Crippen LogP contribution in [0.5, 0.6) is 0 Å². The molecule has 1 aromatic carbocycles. The summed E-state index contributed by atoms with van der Waals surface area (Å²) in [5.41, 5.74) is 6.74. The van der Waals surface area contributed by atoms with Crippen LogP contribution in [0.2, 0.25) is 5.02 Å². The van der Waals surface area contributed by atoms with Crippen molar-refractivity contribution in [1.82, 2.24) is 10.1 Å². The molecule has 0 radical (unpaired) electrons. The third kappa shape index (κ3) is 4.14. The van der Waals surface area contributed by atoms with Gasteiger partial charge in [0.25, 0.3) is 12.3 Å². The summed E-state index contributed by atoms with van der Waals surface area (Å²) in [4.78, 5) is 4.12. The van der Waals surface area contributed by atoms with E-state index in [1.165, 1.54) is 0 Å². The van der Waals surface area contributed by atoms with Crippen molar-refractivity contribution in [3.05, 3.63) is 29.0 Å². The van der Waals surface area contributed by atoms with Crippen LogP contribution in [-0.2, 0) is 11.2 Å². The lowest BCUT2D eigenvalue weighted by Gasteiger charge is -2.00. The zero-order valence-corrected chi connectivity index (χ0v) is 11.1. The molecule has 2 rings (SSSR count). The van der Waals surface area contributed by atoms with Crippen molar-refractivity contribution in [1.29, 1.82) is 0 Å². The third-order valence-electron chi connectivity index (χ3n) is 2.35. The monoisotopic (exact) mass is 303 g/mol. The van der Waals surface area contributed by atoms with Crippen molar-refractivity contribution in [2.24, 2.45) is 0 Å². The van der Waals surface area contributed by atoms with E-state index in [1.807, 2.05) is 0 Å². The first-order chi connectivity index (χ1) is 9.54. The molecular formula is C12H12ClF2N3O2. The summed E-state index contributed by atoms with van der Waals surface area (Å²) in [5, 5.41) is 4.19. The molecule has 1 heterocycles. The van der Waals surface area contributed by atoms with Gasteiger partial charge in [-0.15, -0.1) is 0 Å². The van der Waals surface area contributed by atoms with E-state index in [0.717, 1.165) is 0 Å². The van der Waals surface area contributed by atoms with Crippen LogP contribution >= 0.6 is 11.6 Å². The Bertz CT molecular complexity index is 557. The number of alkyl halides is 2. The molecule has 0 saturated carbocycles. The van der Waals surface area contributed by atoms with E-state index in [4.69, 9.17) is 26.6 Å². The molecular weight excluding hydrogens is 292 g/mol. The fourth-order valence-electron chi connectivity index (χ4n) is 1.54. The Kier molecular flexibility index (Phi) is 4.86. The number of nitrogen functional groups attached to an aromatic ring is 1. The summed E-state index contributed by atoms with van der Waals surface area (Å²) in [7, 11) is 0. The number of aromatic nitrogens is 2. The van der Waals surface area contributed by atoms with Gasteiger partial charge in [0, 0.05) is 22.7 Å². The van der Waals surface area contributed by atoms with Crippen LogP contribution < -0.4 is 5.73 Å². The maximum atomic E-state index is 11.9. The molecule has 0 bridgehead atoms. The van der Waals surface area contributed by atoms with Crippen LogP contribution in [0.1, 0.15) is 5.82 Å². The quantitative estimate of drug-likeness (QED) is 0.656. The van der Waals surface area contributed by atoms with Crippen LogP contribution in [0.15, 0.2) is 22.7 Å². The largest absolute Gasteiger partial charge is 0.399 e. The summed E-state index contributed by atoms with van der Waals surface area (Å²) in [5.74, 6) is 0.635. The molecule has 0 unspecified atom stereocenters. The van der Waals surface area contributed by atoms with Gasteiger partial charge < -0.3 is 15.0 Å². The lowest BCUT2D eigenvalue weighted by atomic mass is 10.2. The number of anilines is 1. The molecule has 2 N–H and O–H groups in total. The van der Waals surface area contributed by atoms with Crippen LogP contribution in [-0.4, -0.2) is 29.8 Å². The number of hydrogen-bond acceptors (Lipinski definition) is 5. The molecule has 1 aromatic heterocycles. The van der Waals surface area contributed by atoms with Gasteiger partial charge in [-0.1, -0.05) is 16.8 Å². The van der Waals surface area contributed by atoms with Crippen molar-refractivity contribution < 1.29 is 18.0 Å². The number of halogens is 3. The van der Waals surface area contributed by atoms with Gasteiger partial charge in [-0.05, 0) is 18.2 Å². The molecule has 0 spiro atoms. The van der Waals surface area contributed by atoms with Gasteiger partial charge in [-0.25, -0.2) is 8.78 Å². The van der Waals surface area contributed by atoms with Crippen LogP contribution in [0.3, 0.4) is 0 Å². The van der Waals surface area contributed by atoms with Crippen molar-refractivity contribution >= 4 is 17.3 Å². The topological polar surface area (TPSA) is 74.2 Å². The average Bonchev–Trinajstić information content (AvgIpc) is 2.82. The maximum Gasteiger partial charge on any atom is 0.261 e. The summed E-state index contributed by atoms with van der Waals surface area (Å²) in [6.45, 7) is -0.503. The van der Waals surface area contributed by atoms with Gasteiger partial charge in [0.2, 0.25) is 0 Å². The highest BCUT2D eigenvalue weighted by atomic mass is 35.5. The standard InChI is InChI=1S/C12H12ClF2N3O2/c13-8-3-7(4-9(16)5-8)12-17-11(18-20-12)1-2-19-6-10(14)15/h3-5,10H,1-2,6,16H2. The van der Waals surface area contributed by atoms with Crippen LogP contribution in [0, 0.1) is 0 Å². The Balaban J connectivity index is 1.98. The predicted octanol–water partition coefficient (Wildman–Crippen LogP) is 2.80. The minimum Gasteiger partial charge on any atom is -0.399 e. The van der Waals surface area contributed by atoms with E-state index >= 15 is 0 Å². The molecule has 20 heavy (non-hydrogen) atoms. The van der Waals surface area contributed by atoms with Crippen LogP contribution in [0.25, 0.3) is 11.5 Å². The van der Waals surface area contributed by atoms with Crippen molar-refractivity contribution in [2.45, 2.75) is 12.8 Å². The summed E-state index contributed by atoms with van der Waals surface area (Å²) >= 11 is 5.88. The maximum absolute atomic E-state index is 11.9. The molecule has 8 heteroatoms. The normalized spacial score (nSPS) is 11.2. The molecule has 0 aliphatic heterocycles. The number of rotatable bonds is 6. The van der Waals surface area contributed by atoms with Gasteiger partial charge in [0.15, 0.2) is 5.82 Å². The molecule has 0 aliphatic carbocycles. The fraction of sp³-hybridized carbons (Fsp3) is 0.333. The van der Waals surface area contributed by atoms with E-state index in [2.05, 4.69) is 10.1 Å². The highest BCUT2D eigenvalue weighted by Crippen LogP contribution is 2.24. The molecule has 108 valence electrons. The van der Waals surface area contributed by atoms with Crippen molar-refractivity contribution in [3.63, 3.8) is 0 Å². The number of benzene rings is 1. The molecule has 0 aliphatic rings. The Hall–Kier alpha value is -1.73. The second-order valence-electron chi connectivity index (χ2n) is 4.00. The van der Waals surface area contributed by atoms with E-state index in [9.17, 15) is 8.78 Å². The number of hydrogen-bond donors (Lipinski definition) is 1. The van der Waals surface area contributed by atoms with E-state index in [-0.39, 0.29) is 18.9 Å². The van der Waals surface area contributed by atoms with E-state index < -0.39 is 13.0 Å². The summed E-state index contributed by atoms with van der Waals surface area (Å²) < 4.78 is 33.5. The zero-order valence-electron chi connectivity index (χ0n) is 10.4. The van der Waals surface area contributed by atoms with Gasteiger partial charge in [-0.3, -0.25) is 0 Å². The van der Waals surface area contributed by atoms with Gasteiger partial charge in [-0.2, -0.15) is 4.98 Å². The molecule has 5 nitrogen and oxygen atoms in total. The van der Waals surface area contributed by atoms with Gasteiger partial charge >= 0.3 is 0 Å². The Morgan fingerprint density at radius 1 is 1.35 bits per heavy atom. The zero-order chi connectivity index (χ0) is 14.5. The Morgan fingerprint density at radius 3 is 2.85 bits per heavy atom. The Labute approximate surface area is 118 Å². The highest BCUT2D eigenvalue weighted by molar-refractivity contribution is 6.31. The van der Waals surface area contributed by atoms with Gasteiger partial charge in [0.05, 0.1) is 6.61 Å². The molecule has 0 fully saturated rings. The van der Waals surface area contributed by atoms with Crippen molar-refractivity contribution in [3.8, 4) is 11.5 Å². The van der Waals surface area contributed by atoms with Gasteiger partial charge in [0.1, 0.15) is 6.61 Å². The fourth-order valence-corrected chi connectivity index (χ4v) is 1.79. The second-order valence-corrected chi connectivity index (χ2v) is 4.44. The minimum atomic E-state index is -2.48. The average molecular weight is 304 g/mol. The molecule has 0 atom stereocenters. The SMILES string of the molecule is Nc1cc(Cl)cc(-c2nc(CCOCC(F)F)no2)c1. The lowest BCUT2D eigenvalue weighted by molar-refractivity contribution is 0.0182. The van der Waals surface area contributed by atoms with E-state index in [0.29, 0.717) is 22.1 Å². The second kappa shape index (κ2) is 6.62. The first kappa shape index (κ1) is 14.7. The Morgan fingerprint density at radius 2 is 2.15 bits per heavy atom. The van der Waals surface area contributed by atoms with E-state index in [1.54, 1.807) is 18.2 Å². The summed E-state index contributed by atoms with van der Waals surface area (Å²) in [6, 6.07) is 4.89. The first-order valence-corrected chi connectivity index (χ1v) is 6.17. The van der Waals surface area contributed by atoms with Crippen LogP contribution in [0.4, 0.5) is 14.5 Å². The molecule has 0 amide bonds. The third-order valence-corrected chi connectivity index (χ3v) is 2.57. The smallest absolute Gasteiger partial charge is 0.261 e. The molecule has 0 saturated heterocycles. The number of ether oxygens (including phenoxy) is 1. The number of nitrogens with zero attached hydrogens (tertiary/aromatic N) is 2.